The lowest BCUT2D eigenvalue weighted by atomic mass is 10.1. The Bertz CT molecular complexity index is 580. The van der Waals surface area contributed by atoms with Crippen LogP contribution in [0.15, 0.2) is 24.3 Å². The summed E-state index contributed by atoms with van der Waals surface area (Å²) < 4.78 is 5.43. The minimum Gasteiger partial charge on any atom is -0.496 e. The number of para-hydroxylation sites is 1. The van der Waals surface area contributed by atoms with E-state index in [0.29, 0.717) is 0 Å². The van der Waals surface area contributed by atoms with E-state index in [1.165, 1.54) is 10.4 Å². The minimum atomic E-state index is 0.225. The molecule has 0 saturated carbocycles. The van der Waals surface area contributed by atoms with Gasteiger partial charge in [0.25, 0.3) is 0 Å². The number of nitrogens with one attached hydrogen (secondary N) is 1. The maximum Gasteiger partial charge on any atom is 0.123 e. The molecule has 0 amide bonds. The largest absolute Gasteiger partial charge is 0.496 e. The van der Waals surface area contributed by atoms with Crippen LogP contribution in [0, 0.1) is 13.8 Å². The van der Waals surface area contributed by atoms with Gasteiger partial charge in [-0.05, 0) is 33.8 Å². The van der Waals surface area contributed by atoms with Crippen LogP contribution in [-0.4, -0.2) is 12.1 Å². The summed E-state index contributed by atoms with van der Waals surface area (Å²) >= 11 is 1.76. The summed E-state index contributed by atoms with van der Waals surface area (Å²) in [5, 5.41) is 4.75. The normalized spacial score (nSPS) is 14.1. The lowest BCUT2D eigenvalue weighted by molar-refractivity contribution is 0.397. The summed E-state index contributed by atoms with van der Waals surface area (Å²) in [6.07, 6.45) is 0. The van der Waals surface area contributed by atoms with Crippen molar-refractivity contribution in [3.8, 4) is 5.75 Å². The maximum atomic E-state index is 5.43. The van der Waals surface area contributed by atoms with Gasteiger partial charge in [0, 0.05) is 22.5 Å². The molecule has 1 heterocycles. The van der Waals surface area contributed by atoms with Crippen LogP contribution in [0.2, 0.25) is 0 Å². The monoisotopic (exact) mass is 290 g/mol. The van der Waals surface area contributed by atoms with E-state index < -0.39 is 0 Å². The average molecular weight is 290 g/mol. The molecule has 2 aromatic rings. The van der Waals surface area contributed by atoms with Gasteiger partial charge in [-0.1, -0.05) is 18.2 Å². The van der Waals surface area contributed by atoms with Crippen LogP contribution in [0.5, 0.6) is 5.75 Å². The molecule has 0 saturated heterocycles. The van der Waals surface area contributed by atoms with Gasteiger partial charge in [0.15, 0.2) is 0 Å². The second kappa shape index (κ2) is 6.37. The molecule has 1 aromatic heterocycles. The van der Waals surface area contributed by atoms with Gasteiger partial charge in [-0.3, -0.25) is 0 Å². The molecule has 0 fully saturated rings. The molecule has 0 spiro atoms. The fourth-order valence-electron chi connectivity index (χ4n) is 2.51. The lowest BCUT2D eigenvalue weighted by Crippen LogP contribution is -2.22. The lowest BCUT2D eigenvalue weighted by Gasteiger charge is -2.21. The molecule has 2 atom stereocenters. The first kappa shape index (κ1) is 15.0. The van der Waals surface area contributed by atoms with E-state index in [9.17, 15) is 0 Å². The highest BCUT2D eigenvalue weighted by Crippen LogP contribution is 2.29. The molecule has 0 aliphatic carbocycles. The van der Waals surface area contributed by atoms with E-state index in [1.54, 1.807) is 18.4 Å². The average Bonchev–Trinajstić information content (AvgIpc) is 2.77. The van der Waals surface area contributed by atoms with E-state index in [-0.39, 0.29) is 12.1 Å². The van der Waals surface area contributed by atoms with E-state index in [0.717, 1.165) is 16.5 Å². The number of rotatable bonds is 5. The zero-order valence-corrected chi connectivity index (χ0v) is 13.5. The molecule has 0 radical (unpaired) electrons. The number of ether oxygens (including phenoxy) is 1. The summed E-state index contributed by atoms with van der Waals surface area (Å²) in [4.78, 5) is 5.81. The van der Waals surface area contributed by atoms with E-state index in [1.807, 2.05) is 18.2 Å². The first-order valence-corrected chi connectivity index (χ1v) is 7.67. The number of aryl methyl sites for hydroxylation is 2. The molecule has 4 heteroatoms. The molecule has 3 nitrogen and oxygen atoms in total. The van der Waals surface area contributed by atoms with Gasteiger partial charge in [0.1, 0.15) is 5.75 Å². The van der Waals surface area contributed by atoms with Crippen molar-refractivity contribution in [2.45, 2.75) is 39.8 Å². The van der Waals surface area contributed by atoms with Crippen LogP contribution >= 0.6 is 11.3 Å². The predicted molar refractivity (Wildman–Crippen MR) is 84.5 cm³/mol. The van der Waals surface area contributed by atoms with Crippen LogP contribution < -0.4 is 10.1 Å². The van der Waals surface area contributed by atoms with Gasteiger partial charge in [0.2, 0.25) is 0 Å². The molecular weight excluding hydrogens is 268 g/mol. The van der Waals surface area contributed by atoms with Crippen molar-refractivity contribution in [2.24, 2.45) is 0 Å². The number of benzene rings is 1. The van der Waals surface area contributed by atoms with Crippen molar-refractivity contribution >= 4 is 11.3 Å². The van der Waals surface area contributed by atoms with Crippen molar-refractivity contribution in [1.82, 2.24) is 10.3 Å². The topological polar surface area (TPSA) is 34.1 Å². The third-order valence-electron chi connectivity index (χ3n) is 3.44. The molecule has 1 N–H and O–H groups in total. The molecule has 0 bridgehead atoms. The van der Waals surface area contributed by atoms with Gasteiger partial charge >= 0.3 is 0 Å². The molecule has 2 rings (SSSR count). The molecule has 0 aliphatic heterocycles. The Morgan fingerprint density at radius 1 is 1.15 bits per heavy atom. The Hall–Kier alpha value is -1.39. The fraction of sp³-hybridized carbons (Fsp3) is 0.438. The zero-order valence-electron chi connectivity index (χ0n) is 12.7. The van der Waals surface area contributed by atoms with E-state index in [2.05, 4.69) is 44.1 Å². The SMILES string of the molecule is COc1ccccc1[C@@H](C)NC(C)c1sc(C)nc1C. The van der Waals surface area contributed by atoms with Crippen molar-refractivity contribution < 1.29 is 4.74 Å². The fourth-order valence-corrected chi connectivity index (χ4v) is 3.45. The maximum absolute atomic E-state index is 5.43. The van der Waals surface area contributed by atoms with Gasteiger partial charge in [-0.15, -0.1) is 11.3 Å². The second-order valence-electron chi connectivity index (χ2n) is 5.03. The highest BCUT2D eigenvalue weighted by Gasteiger charge is 2.17. The summed E-state index contributed by atoms with van der Waals surface area (Å²) in [6.45, 7) is 8.48. The Morgan fingerprint density at radius 3 is 2.45 bits per heavy atom. The summed E-state index contributed by atoms with van der Waals surface area (Å²) in [5.74, 6) is 0.928. The van der Waals surface area contributed by atoms with Crippen LogP contribution in [0.4, 0.5) is 0 Å². The van der Waals surface area contributed by atoms with Gasteiger partial charge < -0.3 is 10.1 Å². The molecule has 1 unspecified atom stereocenters. The van der Waals surface area contributed by atoms with Crippen molar-refractivity contribution in [1.29, 1.82) is 0 Å². The summed E-state index contributed by atoms with van der Waals surface area (Å²) in [5.41, 5.74) is 2.31. The summed E-state index contributed by atoms with van der Waals surface area (Å²) in [6, 6.07) is 8.65. The van der Waals surface area contributed by atoms with Crippen molar-refractivity contribution in [3.05, 3.63) is 45.4 Å². The Kier molecular flexibility index (Phi) is 4.78. The molecule has 0 aliphatic rings. The Morgan fingerprint density at radius 2 is 1.85 bits per heavy atom. The minimum absolute atomic E-state index is 0.225. The second-order valence-corrected chi connectivity index (χ2v) is 6.27. The Balaban J connectivity index is 2.15. The van der Waals surface area contributed by atoms with Gasteiger partial charge in [-0.2, -0.15) is 0 Å². The quantitative estimate of drug-likeness (QED) is 0.897. The molecule has 108 valence electrons. The zero-order chi connectivity index (χ0) is 14.7. The number of methoxy groups -OCH3 is 1. The highest BCUT2D eigenvalue weighted by molar-refractivity contribution is 7.11. The smallest absolute Gasteiger partial charge is 0.123 e. The molecule has 20 heavy (non-hydrogen) atoms. The number of thiazole rings is 1. The summed E-state index contributed by atoms with van der Waals surface area (Å²) in [7, 11) is 1.71. The number of hydrogen-bond acceptors (Lipinski definition) is 4. The first-order chi connectivity index (χ1) is 9.52. The third kappa shape index (κ3) is 3.19. The Labute approximate surface area is 125 Å². The first-order valence-electron chi connectivity index (χ1n) is 6.85. The number of nitrogens with zero attached hydrogens (tertiary/aromatic N) is 1. The van der Waals surface area contributed by atoms with Gasteiger partial charge in [0.05, 0.1) is 17.8 Å². The van der Waals surface area contributed by atoms with Gasteiger partial charge in [-0.25, -0.2) is 4.98 Å². The standard InChI is InChI=1S/C16H22N2OS/c1-10(14-8-6-7-9-15(14)19-5)17-11(2)16-12(3)18-13(4)20-16/h6-11,17H,1-5H3/t10-,11?/m1/s1. The predicted octanol–water partition coefficient (Wildman–Crippen LogP) is 4.18. The van der Waals surface area contributed by atoms with Crippen LogP contribution in [0.1, 0.15) is 47.1 Å². The molecule has 1 aromatic carbocycles. The third-order valence-corrected chi connectivity index (χ3v) is 4.69. The van der Waals surface area contributed by atoms with E-state index >= 15 is 0 Å². The van der Waals surface area contributed by atoms with Crippen LogP contribution in [0.3, 0.4) is 0 Å². The molecular formula is C16H22N2OS. The van der Waals surface area contributed by atoms with Crippen LogP contribution in [0.25, 0.3) is 0 Å². The highest BCUT2D eigenvalue weighted by atomic mass is 32.1. The van der Waals surface area contributed by atoms with Crippen molar-refractivity contribution in [3.63, 3.8) is 0 Å². The van der Waals surface area contributed by atoms with E-state index in [4.69, 9.17) is 4.74 Å². The number of aromatic nitrogens is 1. The number of hydrogen-bond donors (Lipinski definition) is 1. The van der Waals surface area contributed by atoms with Crippen LogP contribution in [-0.2, 0) is 0 Å². The van der Waals surface area contributed by atoms with Crippen molar-refractivity contribution in [2.75, 3.05) is 7.11 Å².